The zero-order valence-corrected chi connectivity index (χ0v) is 11.4. The fourth-order valence-electron chi connectivity index (χ4n) is 1.61. The van der Waals surface area contributed by atoms with Crippen molar-refractivity contribution in [1.82, 2.24) is 14.8 Å². The topological polar surface area (TPSA) is 39.9 Å². The lowest BCUT2D eigenvalue weighted by Crippen LogP contribution is -2.29. The first-order valence-corrected chi connectivity index (χ1v) is 6.11. The Hall–Kier alpha value is -1.55. The number of halogens is 1. The molecule has 0 bridgehead atoms. The Morgan fingerprint density at radius 2 is 1.89 bits per heavy atom. The molecule has 18 heavy (non-hydrogen) atoms. The van der Waals surface area contributed by atoms with Crippen LogP contribution in [0.4, 0.5) is 0 Å². The van der Waals surface area contributed by atoms with Crippen LogP contribution in [0.5, 0.6) is 5.75 Å². The van der Waals surface area contributed by atoms with Gasteiger partial charge in [0.15, 0.2) is 6.23 Å². The molecule has 0 aliphatic carbocycles. The van der Waals surface area contributed by atoms with Crippen molar-refractivity contribution in [2.45, 2.75) is 27.0 Å². The predicted molar refractivity (Wildman–Crippen MR) is 70.6 cm³/mol. The summed E-state index contributed by atoms with van der Waals surface area (Å²) < 4.78 is 7.70. The standard InChI is InChI=1S/C13H16ClN3O/c1-13(2,3)12(17-9-15-8-16-17)18-11-6-4-10(14)5-7-11/h4-9,12H,1-3H3. The van der Waals surface area contributed by atoms with Gasteiger partial charge in [0.25, 0.3) is 0 Å². The molecular weight excluding hydrogens is 250 g/mol. The van der Waals surface area contributed by atoms with Gasteiger partial charge in [-0.1, -0.05) is 32.4 Å². The molecule has 1 aromatic heterocycles. The SMILES string of the molecule is CC(C)(C)C(Oc1ccc(Cl)cc1)n1cncn1. The highest BCUT2D eigenvalue weighted by molar-refractivity contribution is 6.30. The quantitative estimate of drug-likeness (QED) is 0.852. The molecule has 0 spiro atoms. The summed E-state index contributed by atoms with van der Waals surface area (Å²) in [5, 5.41) is 4.84. The molecule has 1 unspecified atom stereocenters. The minimum atomic E-state index is -0.221. The van der Waals surface area contributed by atoms with Gasteiger partial charge >= 0.3 is 0 Å². The van der Waals surface area contributed by atoms with Crippen molar-refractivity contribution < 1.29 is 4.74 Å². The minimum absolute atomic E-state index is 0.104. The van der Waals surface area contributed by atoms with Crippen LogP contribution in [0.15, 0.2) is 36.9 Å². The Balaban J connectivity index is 2.24. The summed E-state index contributed by atoms with van der Waals surface area (Å²) >= 11 is 5.85. The van der Waals surface area contributed by atoms with Crippen molar-refractivity contribution in [3.63, 3.8) is 0 Å². The first kappa shape index (κ1) is 12.9. The van der Waals surface area contributed by atoms with Crippen molar-refractivity contribution in [2.75, 3.05) is 0 Å². The van der Waals surface area contributed by atoms with Gasteiger partial charge in [0.2, 0.25) is 0 Å². The van der Waals surface area contributed by atoms with Gasteiger partial charge in [0.05, 0.1) is 0 Å². The van der Waals surface area contributed by atoms with E-state index in [1.54, 1.807) is 23.1 Å². The van der Waals surface area contributed by atoms with E-state index >= 15 is 0 Å². The van der Waals surface area contributed by atoms with Crippen LogP contribution in [0.2, 0.25) is 5.02 Å². The number of nitrogens with zero attached hydrogens (tertiary/aromatic N) is 3. The van der Waals surface area contributed by atoms with Crippen LogP contribution in [0.25, 0.3) is 0 Å². The molecule has 1 heterocycles. The molecule has 5 heteroatoms. The van der Waals surface area contributed by atoms with Crippen LogP contribution in [-0.4, -0.2) is 14.8 Å². The molecule has 0 amide bonds. The van der Waals surface area contributed by atoms with Gasteiger partial charge in [-0.3, -0.25) is 0 Å². The molecular formula is C13H16ClN3O. The van der Waals surface area contributed by atoms with Gasteiger partial charge in [0.1, 0.15) is 18.4 Å². The highest BCUT2D eigenvalue weighted by atomic mass is 35.5. The van der Waals surface area contributed by atoms with E-state index in [1.165, 1.54) is 6.33 Å². The van der Waals surface area contributed by atoms with E-state index in [9.17, 15) is 0 Å². The highest BCUT2D eigenvalue weighted by Crippen LogP contribution is 2.32. The number of hydrogen-bond donors (Lipinski definition) is 0. The van der Waals surface area contributed by atoms with Crippen LogP contribution in [0.3, 0.4) is 0 Å². The average Bonchev–Trinajstić information content (AvgIpc) is 2.80. The molecule has 0 fully saturated rings. The summed E-state index contributed by atoms with van der Waals surface area (Å²) in [6.07, 6.45) is 2.94. The van der Waals surface area contributed by atoms with Gasteiger partial charge in [-0.2, -0.15) is 5.10 Å². The second-order valence-electron chi connectivity index (χ2n) is 5.17. The maximum Gasteiger partial charge on any atom is 0.197 e. The third kappa shape index (κ3) is 3.01. The van der Waals surface area contributed by atoms with E-state index in [-0.39, 0.29) is 11.6 Å². The summed E-state index contributed by atoms with van der Waals surface area (Å²) in [6.45, 7) is 6.28. The fraction of sp³-hybridized carbons (Fsp3) is 0.385. The molecule has 2 aromatic rings. The van der Waals surface area contributed by atoms with Gasteiger partial charge in [-0.05, 0) is 24.3 Å². The van der Waals surface area contributed by atoms with E-state index in [0.29, 0.717) is 5.02 Å². The number of ether oxygens (including phenoxy) is 1. The molecule has 0 N–H and O–H groups in total. The Labute approximate surface area is 112 Å². The number of hydrogen-bond acceptors (Lipinski definition) is 3. The zero-order chi connectivity index (χ0) is 13.2. The van der Waals surface area contributed by atoms with Crippen LogP contribution in [-0.2, 0) is 0 Å². The first-order valence-electron chi connectivity index (χ1n) is 5.73. The first-order chi connectivity index (χ1) is 8.47. The normalized spacial score (nSPS) is 13.3. The molecule has 0 aliphatic rings. The van der Waals surface area contributed by atoms with Crippen LogP contribution in [0, 0.1) is 5.41 Å². The van der Waals surface area contributed by atoms with Crippen LogP contribution in [0.1, 0.15) is 27.0 Å². The predicted octanol–water partition coefficient (Wildman–Crippen LogP) is 3.56. The monoisotopic (exact) mass is 265 g/mol. The van der Waals surface area contributed by atoms with E-state index < -0.39 is 0 Å². The Morgan fingerprint density at radius 3 is 2.39 bits per heavy atom. The van der Waals surface area contributed by atoms with Crippen molar-refractivity contribution in [3.8, 4) is 5.75 Å². The van der Waals surface area contributed by atoms with Crippen molar-refractivity contribution in [3.05, 3.63) is 41.9 Å². The Morgan fingerprint density at radius 1 is 1.22 bits per heavy atom. The largest absolute Gasteiger partial charge is 0.468 e. The minimum Gasteiger partial charge on any atom is -0.468 e. The lowest BCUT2D eigenvalue weighted by atomic mass is 9.94. The van der Waals surface area contributed by atoms with E-state index in [4.69, 9.17) is 16.3 Å². The fourth-order valence-corrected chi connectivity index (χ4v) is 1.73. The van der Waals surface area contributed by atoms with E-state index in [1.807, 2.05) is 12.1 Å². The molecule has 4 nitrogen and oxygen atoms in total. The summed E-state index contributed by atoms with van der Waals surface area (Å²) in [5.41, 5.74) is -0.104. The van der Waals surface area contributed by atoms with E-state index in [2.05, 4.69) is 30.9 Å². The molecule has 1 atom stereocenters. The highest BCUT2D eigenvalue weighted by Gasteiger charge is 2.29. The van der Waals surface area contributed by atoms with Crippen LogP contribution >= 0.6 is 11.6 Å². The number of benzene rings is 1. The van der Waals surface area contributed by atoms with Gasteiger partial charge in [0, 0.05) is 10.4 Å². The second kappa shape index (κ2) is 4.98. The molecule has 0 saturated heterocycles. The third-order valence-corrected chi connectivity index (χ3v) is 2.73. The van der Waals surface area contributed by atoms with Crippen LogP contribution < -0.4 is 4.74 Å². The summed E-state index contributed by atoms with van der Waals surface area (Å²) in [7, 11) is 0. The van der Waals surface area contributed by atoms with E-state index in [0.717, 1.165) is 5.75 Å². The van der Waals surface area contributed by atoms with Gasteiger partial charge in [-0.25, -0.2) is 9.67 Å². The molecule has 0 saturated carbocycles. The molecule has 2 rings (SSSR count). The molecule has 1 aromatic carbocycles. The second-order valence-corrected chi connectivity index (χ2v) is 5.60. The third-order valence-electron chi connectivity index (χ3n) is 2.48. The summed E-state index contributed by atoms with van der Waals surface area (Å²) in [5.74, 6) is 0.759. The number of aromatic nitrogens is 3. The van der Waals surface area contributed by atoms with Gasteiger partial charge < -0.3 is 4.74 Å². The maximum atomic E-state index is 5.98. The summed E-state index contributed by atoms with van der Waals surface area (Å²) in [6, 6.07) is 7.30. The van der Waals surface area contributed by atoms with Crippen molar-refractivity contribution in [2.24, 2.45) is 5.41 Å². The molecule has 96 valence electrons. The maximum absolute atomic E-state index is 5.98. The Kier molecular flexibility index (Phi) is 3.57. The van der Waals surface area contributed by atoms with Gasteiger partial charge in [-0.15, -0.1) is 0 Å². The number of rotatable bonds is 3. The zero-order valence-electron chi connectivity index (χ0n) is 10.7. The Bertz CT molecular complexity index is 488. The lowest BCUT2D eigenvalue weighted by molar-refractivity contribution is 0.0133. The molecule has 0 radical (unpaired) electrons. The van der Waals surface area contributed by atoms with Crippen molar-refractivity contribution >= 4 is 11.6 Å². The summed E-state index contributed by atoms with van der Waals surface area (Å²) in [4.78, 5) is 3.96. The molecule has 0 aliphatic heterocycles. The lowest BCUT2D eigenvalue weighted by Gasteiger charge is -2.30. The smallest absolute Gasteiger partial charge is 0.197 e. The van der Waals surface area contributed by atoms with Crippen molar-refractivity contribution in [1.29, 1.82) is 0 Å². The average molecular weight is 266 g/mol.